The Morgan fingerprint density at radius 1 is 1.48 bits per heavy atom. The SMILES string of the molecule is O=C1CCC(CNS(=O)(=O)c2ccc(Cl)c([N+](=O)[O-])c2)N1. The van der Waals surface area contributed by atoms with Crippen molar-refractivity contribution in [1.29, 1.82) is 0 Å². The minimum Gasteiger partial charge on any atom is -0.352 e. The van der Waals surface area contributed by atoms with Crippen LogP contribution in [0.5, 0.6) is 0 Å². The summed E-state index contributed by atoms with van der Waals surface area (Å²) < 4.78 is 26.4. The summed E-state index contributed by atoms with van der Waals surface area (Å²) in [7, 11) is -3.90. The van der Waals surface area contributed by atoms with Crippen LogP contribution in [0.1, 0.15) is 12.8 Å². The van der Waals surface area contributed by atoms with Gasteiger partial charge in [-0.2, -0.15) is 0 Å². The van der Waals surface area contributed by atoms with Crippen molar-refractivity contribution in [3.05, 3.63) is 33.3 Å². The van der Waals surface area contributed by atoms with E-state index in [1.54, 1.807) is 0 Å². The molecule has 0 saturated carbocycles. The van der Waals surface area contributed by atoms with E-state index in [4.69, 9.17) is 11.6 Å². The largest absolute Gasteiger partial charge is 0.352 e. The Labute approximate surface area is 125 Å². The minimum atomic E-state index is -3.90. The zero-order chi connectivity index (χ0) is 15.6. The van der Waals surface area contributed by atoms with Crippen molar-refractivity contribution in [2.75, 3.05) is 6.54 Å². The quantitative estimate of drug-likeness (QED) is 0.610. The van der Waals surface area contributed by atoms with Gasteiger partial charge in [-0.25, -0.2) is 13.1 Å². The highest BCUT2D eigenvalue weighted by Crippen LogP contribution is 2.27. The van der Waals surface area contributed by atoms with Crippen LogP contribution in [-0.4, -0.2) is 31.8 Å². The van der Waals surface area contributed by atoms with Gasteiger partial charge in [-0.05, 0) is 18.6 Å². The van der Waals surface area contributed by atoms with E-state index in [1.807, 2.05) is 0 Å². The van der Waals surface area contributed by atoms with Gasteiger partial charge in [-0.15, -0.1) is 0 Å². The molecule has 0 radical (unpaired) electrons. The Morgan fingerprint density at radius 2 is 2.19 bits per heavy atom. The lowest BCUT2D eigenvalue weighted by Gasteiger charge is -2.12. The normalized spacial score (nSPS) is 18.5. The topological polar surface area (TPSA) is 118 Å². The lowest BCUT2D eigenvalue weighted by Crippen LogP contribution is -2.38. The van der Waals surface area contributed by atoms with Gasteiger partial charge in [-0.1, -0.05) is 11.6 Å². The highest BCUT2D eigenvalue weighted by molar-refractivity contribution is 7.89. The summed E-state index contributed by atoms with van der Waals surface area (Å²) in [4.78, 5) is 20.8. The summed E-state index contributed by atoms with van der Waals surface area (Å²) in [6.45, 7) is 0.0322. The highest BCUT2D eigenvalue weighted by Gasteiger charge is 2.24. The van der Waals surface area contributed by atoms with Crippen LogP contribution in [-0.2, 0) is 14.8 Å². The number of hydrogen-bond acceptors (Lipinski definition) is 5. The maximum atomic E-state index is 12.1. The van der Waals surface area contributed by atoms with Crippen LogP contribution < -0.4 is 10.0 Å². The Morgan fingerprint density at radius 3 is 2.76 bits per heavy atom. The molecule has 1 amide bonds. The second-order valence-corrected chi connectivity index (χ2v) is 6.70. The van der Waals surface area contributed by atoms with Crippen LogP contribution in [0, 0.1) is 10.1 Å². The monoisotopic (exact) mass is 333 g/mol. The highest BCUT2D eigenvalue weighted by atomic mass is 35.5. The minimum absolute atomic E-state index is 0.0322. The maximum Gasteiger partial charge on any atom is 0.289 e. The lowest BCUT2D eigenvalue weighted by molar-refractivity contribution is -0.384. The number of rotatable bonds is 5. The van der Waals surface area contributed by atoms with E-state index in [1.165, 1.54) is 6.07 Å². The number of carbonyl (C=O) groups excluding carboxylic acids is 1. The van der Waals surface area contributed by atoms with Gasteiger partial charge in [0.05, 0.1) is 9.82 Å². The van der Waals surface area contributed by atoms with E-state index in [9.17, 15) is 23.3 Å². The second-order valence-electron chi connectivity index (χ2n) is 4.53. The van der Waals surface area contributed by atoms with Crippen LogP contribution in [0.25, 0.3) is 0 Å². The molecule has 1 aromatic carbocycles. The van der Waals surface area contributed by atoms with Crippen LogP contribution in [0.4, 0.5) is 5.69 Å². The van der Waals surface area contributed by atoms with Gasteiger partial charge >= 0.3 is 0 Å². The molecule has 1 saturated heterocycles. The molecule has 1 atom stereocenters. The van der Waals surface area contributed by atoms with E-state index >= 15 is 0 Å². The van der Waals surface area contributed by atoms with E-state index in [0.29, 0.717) is 12.8 Å². The van der Waals surface area contributed by atoms with Gasteiger partial charge in [0.2, 0.25) is 15.9 Å². The summed E-state index contributed by atoms with van der Waals surface area (Å²) in [6, 6.07) is 2.98. The molecule has 1 fully saturated rings. The van der Waals surface area contributed by atoms with Crippen molar-refractivity contribution in [2.45, 2.75) is 23.8 Å². The van der Waals surface area contributed by atoms with Gasteiger partial charge in [0.25, 0.3) is 5.69 Å². The van der Waals surface area contributed by atoms with Crippen molar-refractivity contribution < 1.29 is 18.1 Å². The van der Waals surface area contributed by atoms with Crippen molar-refractivity contribution in [2.24, 2.45) is 0 Å². The molecule has 10 heteroatoms. The number of nitro groups is 1. The number of sulfonamides is 1. The standard InChI is InChI=1S/C11H12ClN3O5S/c12-9-3-2-8(5-10(9)15(17)18)21(19,20)13-6-7-1-4-11(16)14-7/h2-3,5,7,13H,1,4,6H2,(H,14,16). The Hall–Kier alpha value is -1.71. The number of nitrogens with zero attached hydrogens (tertiary/aromatic N) is 1. The molecule has 1 aromatic rings. The third kappa shape index (κ3) is 3.69. The molecule has 21 heavy (non-hydrogen) atoms. The summed E-state index contributed by atoms with van der Waals surface area (Å²) >= 11 is 5.63. The van der Waals surface area contributed by atoms with E-state index in [0.717, 1.165) is 12.1 Å². The zero-order valence-corrected chi connectivity index (χ0v) is 12.3. The first-order chi connectivity index (χ1) is 9.79. The molecule has 2 rings (SSSR count). The first kappa shape index (κ1) is 15.7. The molecule has 114 valence electrons. The van der Waals surface area contributed by atoms with Gasteiger partial charge < -0.3 is 5.32 Å². The predicted octanol–water partition coefficient (Wildman–Crippen LogP) is 0.805. The molecule has 1 aliphatic heterocycles. The second kappa shape index (κ2) is 5.96. The fourth-order valence-corrected chi connectivity index (χ4v) is 3.21. The number of hydrogen-bond donors (Lipinski definition) is 2. The molecule has 0 bridgehead atoms. The number of nitrogens with one attached hydrogen (secondary N) is 2. The molecule has 2 N–H and O–H groups in total. The summed E-state index contributed by atoms with van der Waals surface area (Å²) in [5.41, 5.74) is -0.478. The smallest absolute Gasteiger partial charge is 0.289 e. The lowest BCUT2D eigenvalue weighted by atomic mass is 10.2. The molecule has 1 unspecified atom stereocenters. The van der Waals surface area contributed by atoms with Crippen molar-refractivity contribution in [3.8, 4) is 0 Å². The Bertz CT molecular complexity index is 691. The van der Waals surface area contributed by atoms with Crippen LogP contribution in [0.3, 0.4) is 0 Å². The van der Waals surface area contributed by atoms with Gasteiger partial charge in [0, 0.05) is 25.1 Å². The maximum absolute atomic E-state index is 12.1. The fraction of sp³-hybridized carbons (Fsp3) is 0.364. The zero-order valence-electron chi connectivity index (χ0n) is 10.7. The molecule has 8 nitrogen and oxygen atoms in total. The average molecular weight is 334 g/mol. The van der Waals surface area contributed by atoms with Crippen LogP contribution in [0.2, 0.25) is 5.02 Å². The van der Waals surface area contributed by atoms with E-state index in [-0.39, 0.29) is 28.4 Å². The third-order valence-corrected chi connectivity index (χ3v) is 4.77. The van der Waals surface area contributed by atoms with E-state index < -0.39 is 20.6 Å². The third-order valence-electron chi connectivity index (χ3n) is 3.03. The summed E-state index contributed by atoms with van der Waals surface area (Å²) in [5, 5.41) is 13.2. The van der Waals surface area contributed by atoms with Crippen molar-refractivity contribution in [1.82, 2.24) is 10.0 Å². The number of benzene rings is 1. The molecular formula is C11H12ClN3O5S. The molecule has 0 spiro atoms. The van der Waals surface area contributed by atoms with Crippen molar-refractivity contribution in [3.63, 3.8) is 0 Å². The van der Waals surface area contributed by atoms with Crippen LogP contribution >= 0.6 is 11.6 Å². The Kier molecular flexibility index (Phi) is 4.45. The first-order valence-corrected chi connectivity index (χ1v) is 7.88. The van der Waals surface area contributed by atoms with Crippen LogP contribution in [0.15, 0.2) is 23.1 Å². The van der Waals surface area contributed by atoms with E-state index in [2.05, 4.69) is 10.0 Å². The fourth-order valence-electron chi connectivity index (χ4n) is 1.92. The molecule has 0 aromatic heterocycles. The van der Waals surface area contributed by atoms with Gasteiger partial charge in [0.1, 0.15) is 5.02 Å². The average Bonchev–Trinajstić information content (AvgIpc) is 2.82. The summed E-state index contributed by atoms with van der Waals surface area (Å²) in [5.74, 6) is -0.124. The van der Waals surface area contributed by atoms with Gasteiger partial charge in [0.15, 0.2) is 0 Å². The van der Waals surface area contributed by atoms with Crippen molar-refractivity contribution >= 4 is 33.2 Å². The number of nitro benzene ring substituents is 1. The van der Waals surface area contributed by atoms with Gasteiger partial charge in [-0.3, -0.25) is 14.9 Å². The number of amides is 1. The molecule has 1 aliphatic rings. The molecule has 0 aliphatic carbocycles. The number of carbonyl (C=O) groups is 1. The first-order valence-electron chi connectivity index (χ1n) is 6.02. The summed E-state index contributed by atoms with van der Waals surface area (Å²) in [6.07, 6.45) is 0.904. The predicted molar refractivity (Wildman–Crippen MR) is 74.5 cm³/mol. The Balaban J connectivity index is 2.14. The molecule has 1 heterocycles. The number of halogens is 1. The molecular weight excluding hydrogens is 322 g/mol.